The molecule has 19 heavy (non-hydrogen) atoms. The van der Waals surface area contributed by atoms with Crippen molar-refractivity contribution in [2.75, 3.05) is 5.73 Å². The van der Waals surface area contributed by atoms with E-state index in [4.69, 9.17) is 10.3 Å². The molecule has 3 rings (SSSR count). The van der Waals surface area contributed by atoms with Crippen molar-refractivity contribution in [2.45, 2.75) is 0 Å². The zero-order valence-electron chi connectivity index (χ0n) is 9.88. The van der Waals surface area contributed by atoms with Crippen molar-refractivity contribution in [1.82, 2.24) is 10.1 Å². The lowest BCUT2D eigenvalue weighted by atomic mass is 10.0. The Balaban J connectivity index is 2.17. The van der Waals surface area contributed by atoms with Crippen LogP contribution in [0, 0.1) is 5.82 Å². The van der Waals surface area contributed by atoms with E-state index in [0.717, 1.165) is 11.1 Å². The molecular weight excluding hydrogens is 245 g/mol. The van der Waals surface area contributed by atoms with Gasteiger partial charge in [0.1, 0.15) is 11.5 Å². The molecule has 0 spiro atoms. The highest BCUT2D eigenvalue weighted by molar-refractivity contribution is 5.86. The van der Waals surface area contributed by atoms with Crippen LogP contribution in [0.4, 0.5) is 10.3 Å². The van der Waals surface area contributed by atoms with E-state index in [2.05, 4.69) is 10.1 Å². The highest BCUT2D eigenvalue weighted by Gasteiger charge is 2.17. The molecule has 1 aromatic carbocycles. The Morgan fingerprint density at radius 1 is 0.947 bits per heavy atom. The summed E-state index contributed by atoms with van der Waals surface area (Å²) in [7, 11) is 0. The van der Waals surface area contributed by atoms with E-state index < -0.39 is 0 Å². The van der Waals surface area contributed by atoms with E-state index in [-0.39, 0.29) is 11.7 Å². The van der Waals surface area contributed by atoms with Gasteiger partial charge in [-0.3, -0.25) is 4.98 Å². The Morgan fingerprint density at radius 3 is 2.32 bits per heavy atom. The number of aromatic nitrogens is 2. The first-order valence-corrected chi connectivity index (χ1v) is 5.67. The maximum Gasteiger partial charge on any atom is 0.230 e. The molecule has 5 heteroatoms. The maximum absolute atomic E-state index is 13.0. The van der Waals surface area contributed by atoms with E-state index in [0.29, 0.717) is 11.3 Å². The van der Waals surface area contributed by atoms with Crippen LogP contribution in [0.3, 0.4) is 0 Å². The van der Waals surface area contributed by atoms with Crippen molar-refractivity contribution in [3.8, 4) is 22.4 Å². The van der Waals surface area contributed by atoms with Crippen LogP contribution in [0.25, 0.3) is 22.4 Å². The molecule has 0 aliphatic carbocycles. The number of nitrogen functional groups attached to an aromatic ring is 1. The minimum absolute atomic E-state index is 0.207. The number of halogens is 1. The molecular formula is C14H10FN3O. The Labute approximate surface area is 108 Å². The zero-order chi connectivity index (χ0) is 13.2. The second-order valence-electron chi connectivity index (χ2n) is 4.01. The summed E-state index contributed by atoms with van der Waals surface area (Å²) >= 11 is 0. The van der Waals surface area contributed by atoms with Gasteiger partial charge < -0.3 is 10.3 Å². The third-order valence-electron chi connectivity index (χ3n) is 2.81. The molecule has 0 bridgehead atoms. The molecule has 0 atom stereocenters. The lowest BCUT2D eigenvalue weighted by Gasteiger charge is -2.02. The molecule has 0 radical (unpaired) electrons. The molecule has 0 aliphatic heterocycles. The average molecular weight is 255 g/mol. The molecule has 0 amide bonds. The van der Waals surface area contributed by atoms with Crippen molar-refractivity contribution in [1.29, 1.82) is 0 Å². The first kappa shape index (κ1) is 11.4. The third kappa shape index (κ3) is 2.06. The minimum atomic E-state index is -0.302. The summed E-state index contributed by atoms with van der Waals surface area (Å²) in [5.74, 6) is -0.0948. The summed E-state index contributed by atoms with van der Waals surface area (Å²) in [5.41, 5.74) is 8.68. The number of nitrogens with two attached hydrogens (primary N) is 1. The van der Waals surface area contributed by atoms with Crippen LogP contribution in [-0.4, -0.2) is 10.1 Å². The van der Waals surface area contributed by atoms with Crippen LogP contribution in [0.2, 0.25) is 0 Å². The van der Waals surface area contributed by atoms with Crippen molar-refractivity contribution >= 4 is 5.88 Å². The smallest absolute Gasteiger partial charge is 0.230 e. The van der Waals surface area contributed by atoms with Crippen molar-refractivity contribution < 1.29 is 8.91 Å². The number of rotatable bonds is 2. The molecule has 2 heterocycles. The van der Waals surface area contributed by atoms with Crippen LogP contribution in [0.1, 0.15) is 0 Å². The number of benzene rings is 1. The molecule has 2 aromatic heterocycles. The molecule has 4 nitrogen and oxygen atoms in total. The SMILES string of the molecule is Nc1onc(-c2ccncc2)c1-c1ccc(F)cc1. The van der Waals surface area contributed by atoms with Gasteiger partial charge in [-0.15, -0.1) is 0 Å². The first-order valence-electron chi connectivity index (χ1n) is 5.67. The monoisotopic (exact) mass is 255 g/mol. The van der Waals surface area contributed by atoms with Crippen molar-refractivity contribution in [3.05, 3.63) is 54.6 Å². The summed E-state index contributed by atoms with van der Waals surface area (Å²) in [6, 6.07) is 9.65. The highest BCUT2D eigenvalue weighted by Crippen LogP contribution is 2.35. The van der Waals surface area contributed by atoms with Crippen LogP contribution in [0.15, 0.2) is 53.3 Å². The van der Waals surface area contributed by atoms with E-state index in [1.54, 1.807) is 24.5 Å². The van der Waals surface area contributed by atoms with Gasteiger partial charge in [0.05, 0.1) is 5.56 Å². The quantitative estimate of drug-likeness (QED) is 0.764. The Bertz CT molecular complexity index is 692. The van der Waals surface area contributed by atoms with Gasteiger partial charge in [0.25, 0.3) is 0 Å². The number of pyridine rings is 1. The fraction of sp³-hybridized carbons (Fsp3) is 0. The predicted octanol–water partition coefficient (Wildman–Crippen LogP) is 3.12. The third-order valence-corrected chi connectivity index (χ3v) is 2.81. The fourth-order valence-corrected chi connectivity index (χ4v) is 1.91. The summed E-state index contributed by atoms with van der Waals surface area (Å²) in [6.45, 7) is 0. The molecule has 3 aromatic rings. The minimum Gasteiger partial charge on any atom is -0.367 e. The maximum atomic E-state index is 13.0. The van der Waals surface area contributed by atoms with Gasteiger partial charge in [-0.25, -0.2) is 4.39 Å². The molecule has 0 fully saturated rings. The van der Waals surface area contributed by atoms with Crippen LogP contribution < -0.4 is 5.73 Å². The van der Waals surface area contributed by atoms with Crippen LogP contribution in [-0.2, 0) is 0 Å². The summed E-state index contributed by atoms with van der Waals surface area (Å²) in [4.78, 5) is 3.95. The second-order valence-corrected chi connectivity index (χ2v) is 4.01. The van der Waals surface area contributed by atoms with Gasteiger partial charge in [0, 0.05) is 18.0 Å². The Morgan fingerprint density at radius 2 is 1.63 bits per heavy atom. The van der Waals surface area contributed by atoms with Gasteiger partial charge in [-0.05, 0) is 29.8 Å². The van der Waals surface area contributed by atoms with E-state index >= 15 is 0 Å². The first-order chi connectivity index (χ1) is 9.25. The van der Waals surface area contributed by atoms with E-state index in [9.17, 15) is 4.39 Å². The lowest BCUT2D eigenvalue weighted by molar-refractivity contribution is 0.439. The highest BCUT2D eigenvalue weighted by atomic mass is 19.1. The lowest BCUT2D eigenvalue weighted by Crippen LogP contribution is -1.88. The van der Waals surface area contributed by atoms with E-state index in [1.807, 2.05) is 12.1 Å². The average Bonchev–Trinajstić information content (AvgIpc) is 2.83. The standard InChI is InChI=1S/C14H10FN3O/c15-11-3-1-9(2-4-11)12-13(18-19-14(12)16)10-5-7-17-8-6-10/h1-8H,16H2. The van der Waals surface area contributed by atoms with E-state index in [1.165, 1.54) is 12.1 Å². The molecule has 0 saturated carbocycles. The molecule has 0 aliphatic rings. The molecule has 0 saturated heterocycles. The molecule has 94 valence electrons. The number of hydrogen-bond donors (Lipinski definition) is 1. The topological polar surface area (TPSA) is 64.9 Å². The summed E-state index contributed by atoms with van der Waals surface area (Å²) < 4.78 is 18.0. The molecule has 0 unspecified atom stereocenters. The Hall–Kier alpha value is -2.69. The summed E-state index contributed by atoms with van der Waals surface area (Å²) in [5, 5.41) is 3.96. The number of hydrogen-bond acceptors (Lipinski definition) is 4. The normalized spacial score (nSPS) is 10.6. The van der Waals surface area contributed by atoms with Gasteiger partial charge in [-0.2, -0.15) is 0 Å². The predicted molar refractivity (Wildman–Crippen MR) is 69.5 cm³/mol. The zero-order valence-corrected chi connectivity index (χ0v) is 9.88. The van der Waals surface area contributed by atoms with Crippen LogP contribution >= 0.6 is 0 Å². The van der Waals surface area contributed by atoms with Gasteiger partial charge in [0.2, 0.25) is 5.88 Å². The summed E-state index contributed by atoms with van der Waals surface area (Å²) in [6.07, 6.45) is 3.32. The van der Waals surface area contributed by atoms with Crippen molar-refractivity contribution in [3.63, 3.8) is 0 Å². The van der Waals surface area contributed by atoms with Crippen LogP contribution in [0.5, 0.6) is 0 Å². The number of nitrogens with zero attached hydrogens (tertiary/aromatic N) is 2. The molecule has 2 N–H and O–H groups in total. The fourth-order valence-electron chi connectivity index (χ4n) is 1.91. The van der Waals surface area contributed by atoms with Gasteiger partial charge >= 0.3 is 0 Å². The Kier molecular flexibility index (Phi) is 2.72. The number of anilines is 1. The van der Waals surface area contributed by atoms with Gasteiger partial charge in [0.15, 0.2) is 0 Å². The second kappa shape index (κ2) is 4.53. The van der Waals surface area contributed by atoms with Crippen molar-refractivity contribution in [2.24, 2.45) is 0 Å². The van der Waals surface area contributed by atoms with Gasteiger partial charge in [-0.1, -0.05) is 17.3 Å². The largest absolute Gasteiger partial charge is 0.367 e.